The summed E-state index contributed by atoms with van der Waals surface area (Å²) in [4.78, 5) is 9.24. The maximum Gasteiger partial charge on any atom is 0.160 e. The number of aromatic nitrogens is 2. The zero-order valence-electron chi connectivity index (χ0n) is 18.0. The van der Waals surface area contributed by atoms with E-state index in [0.29, 0.717) is 0 Å². The molecule has 0 unspecified atom stereocenters. The summed E-state index contributed by atoms with van der Waals surface area (Å²) in [6.07, 6.45) is 0. The fourth-order valence-electron chi connectivity index (χ4n) is 4.46. The molecule has 34 heavy (non-hydrogen) atoms. The summed E-state index contributed by atoms with van der Waals surface area (Å²) >= 11 is 3.58. The molecular formula is C28H18N4S2. The molecule has 162 valence electrons. The van der Waals surface area contributed by atoms with Gasteiger partial charge in [-0.1, -0.05) is 72.1 Å². The topological polar surface area (TPSA) is 32.3 Å². The number of fused-ring (bicyclic) bond motifs is 4. The van der Waals surface area contributed by atoms with Crippen LogP contribution in [0.4, 0.5) is 34.4 Å². The van der Waals surface area contributed by atoms with Crippen molar-refractivity contribution in [1.82, 2.24) is 10.2 Å². The monoisotopic (exact) mass is 474 g/mol. The van der Waals surface area contributed by atoms with Crippen LogP contribution in [-0.2, 0) is 0 Å². The van der Waals surface area contributed by atoms with Crippen LogP contribution >= 0.6 is 23.5 Å². The highest BCUT2D eigenvalue weighted by atomic mass is 32.2. The molecule has 0 N–H and O–H groups in total. The molecule has 0 radical (unpaired) electrons. The van der Waals surface area contributed by atoms with Crippen LogP contribution in [0.3, 0.4) is 0 Å². The molecule has 4 nitrogen and oxygen atoms in total. The number of hydrogen-bond acceptors (Lipinski definition) is 6. The van der Waals surface area contributed by atoms with Crippen LogP contribution in [0.25, 0.3) is 0 Å². The summed E-state index contributed by atoms with van der Waals surface area (Å²) in [6, 6.07) is 37.9. The number of rotatable bonds is 2. The van der Waals surface area contributed by atoms with E-state index in [1.165, 1.54) is 19.6 Å². The summed E-state index contributed by atoms with van der Waals surface area (Å²) in [5.74, 6) is 1.61. The van der Waals surface area contributed by atoms with Gasteiger partial charge in [-0.25, -0.2) is 0 Å². The Morgan fingerprint density at radius 2 is 0.676 bits per heavy atom. The summed E-state index contributed by atoms with van der Waals surface area (Å²) in [5, 5.41) is 9.48. The van der Waals surface area contributed by atoms with Gasteiger partial charge in [-0.3, -0.25) is 9.80 Å². The Kier molecular flexibility index (Phi) is 4.60. The molecule has 5 aromatic rings. The average molecular weight is 475 g/mol. The quantitative estimate of drug-likeness (QED) is 0.250. The van der Waals surface area contributed by atoms with Crippen LogP contribution in [0.2, 0.25) is 0 Å². The van der Waals surface area contributed by atoms with Crippen LogP contribution in [0.5, 0.6) is 0 Å². The summed E-state index contributed by atoms with van der Waals surface area (Å²) in [7, 11) is 0. The Morgan fingerprint density at radius 3 is 0.971 bits per heavy atom. The van der Waals surface area contributed by atoms with Gasteiger partial charge in [0, 0.05) is 19.6 Å². The normalized spacial score (nSPS) is 13.5. The average Bonchev–Trinajstić information content (AvgIpc) is 2.90. The van der Waals surface area contributed by atoms with Crippen molar-refractivity contribution in [1.29, 1.82) is 0 Å². The molecule has 0 aliphatic carbocycles. The smallest absolute Gasteiger partial charge is 0.160 e. The molecule has 0 bridgehead atoms. The Morgan fingerprint density at radius 1 is 0.382 bits per heavy atom. The van der Waals surface area contributed by atoms with E-state index in [2.05, 4.69) is 119 Å². The van der Waals surface area contributed by atoms with E-state index < -0.39 is 0 Å². The van der Waals surface area contributed by atoms with E-state index in [4.69, 9.17) is 10.2 Å². The van der Waals surface area contributed by atoms with E-state index in [1.54, 1.807) is 23.5 Å². The maximum atomic E-state index is 4.74. The molecule has 6 heteroatoms. The Bertz CT molecular complexity index is 1330. The van der Waals surface area contributed by atoms with Crippen molar-refractivity contribution in [3.05, 3.63) is 109 Å². The predicted octanol–water partition coefficient (Wildman–Crippen LogP) is 8.35. The Labute approximate surface area is 206 Å². The second-order valence-electron chi connectivity index (χ2n) is 8.00. The van der Waals surface area contributed by atoms with E-state index in [1.807, 2.05) is 0 Å². The molecular weight excluding hydrogens is 456 g/mol. The second kappa shape index (κ2) is 7.94. The molecule has 0 saturated heterocycles. The maximum absolute atomic E-state index is 4.74. The van der Waals surface area contributed by atoms with Gasteiger partial charge in [0.1, 0.15) is 0 Å². The predicted molar refractivity (Wildman–Crippen MR) is 140 cm³/mol. The molecule has 4 aromatic carbocycles. The number of benzene rings is 4. The SMILES string of the molecule is c1ccc2c(c1)Sc1ccccc1N2c1ccc(N2c3ccccc3Sc3ccccc32)nn1. The van der Waals surface area contributed by atoms with Crippen molar-refractivity contribution in [3.8, 4) is 0 Å². The molecule has 0 fully saturated rings. The highest BCUT2D eigenvalue weighted by molar-refractivity contribution is 8.00. The summed E-state index contributed by atoms with van der Waals surface area (Å²) in [6.45, 7) is 0. The van der Waals surface area contributed by atoms with Gasteiger partial charge in [0.15, 0.2) is 11.6 Å². The first kappa shape index (κ1) is 19.7. The third kappa shape index (κ3) is 3.10. The minimum atomic E-state index is 0.803. The molecule has 0 saturated carbocycles. The van der Waals surface area contributed by atoms with Gasteiger partial charge in [-0.05, 0) is 60.7 Å². The lowest BCUT2D eigenvalue weighted by molar-refractivity contribution is 0.966. The molecule has 7 rings (SSSR count). The van der Waals surface area contributed by atoms with Crippen LogP contribution < -0.4 is 9.80 Å². The summed E-state index contributed by atoms with van der Waals surface area (Å²) < 4.78 is 0. The van der Waals surface area contributed by atoms with Crippen LogP contribution in [-0.4, -0.2) is 10.2 Å². The molecule has 0 amide bonds. The number of anilines is 6. The van der Waals surface area contributed by atoms with Crippen molar-refractivity contribution in [3.63, 3.8) is 0 Å². The van der Waals surface area contributed by atoms with Crippen molar-refractivity contribution in [2.75, 3.05) is 9.80 Å². The standard InChI is InChI=1S/C28H18N4S2/c1-5-13-23-19(9-1)31(20-10-2-6-14-24(20)33-23)27-17-18-28(30-29-27)32-21-11-3-7-15-25(21)34-26-16-8-4-12-22(26)32/h1-18H. The fraction of sp³-hybridized carbons (Fsp3) is 0. The highest BCUT2D eigenvalue weighted by Gasteiger charge is 2.28. The first-order valence-electron chi connectivity index (χ1n) is 11.0. The highest BCUT2D eigenvalue weighted by Crippen LogP contribution is 2.52. The minimum absolute atomic E-state index is 0.803. The van der Waals surface area contributed by atoms with Crippen LogP contribution in [0.1, 0.15) is 0 Å². The van der Waals surface area contributed by atoms with Crippen LogP contribution in [0, 0.1) is 0 Å². The molecule has 2 aliphatic heterocycles. The van der Waals surface area contributed by atoms with E-state index in [-0.39, 0.29) is 0 Å². The zero-order chi connectivity index (χ0) is 22.5. The third-order valence-corrected chi connectivity index (χ3v) is 8.22. The first-order valence-corrected chi connectivity index (χ1v) is 12.7. The third-order valence-electron chi connectivity index (χ3n) is 5.96. The number of hydrogen-bond donors (Lipinski definition) is 0. The lowest BCUT2D eigenvalue weighted by Crippen LogP contribution is -2.19. The van der Waals surface area contributed by atoms with E-state index >= 15 is 0 Å². The van der Waals surface area contributed by atoms with Gasteiger partial charge in [0.25, 0.3) is 0 Å². The van der Waals surface area contributed by atoms with Crippen LogP contribution in [0.15, 0.2) is 129 Å². The Hall–Kier alpha value is -3.74. The van der Waals surface area contributed by atoms with Gasteiger partial charge >= 0.3 is 0 Å². The van der Waals surface area contributed by atoms with Crippen molar-refractivity contribution in [2.24, 2.45) is 0 Å². The molecule has 0 spiro atoms. The first-order chi connectivity index (χ1) is 16.9. The molecule has 1 aromatic heterocycles. The van der Waals surface area contributed by atoms with Gasteiger partial charge in [-0.15, -0.1) is 10.2 Å². The van der Waals surface area contributed by atoms with E-state index in [9.17, 15) is 0 Å². The van der Waals surface area contributed by atoms with Gasteiger partial charge in [0.2, 0.25) is 0 Å². The van der Waals surface area contributed by atoms with Crippen molar-refractivity contribution < 1.29 is 0 Å². The fourth-order valence-corrected chi connectivity index (χ4v) is 6.58. The second-order valence-corrected chi connectivity index (χ2v) is 10.2. The molecule has 2 aliphatic rings. The molecule has 3 heterocycles. The lowest BCUT2D eigenvalue weighted by Gasteiger charge is -2.33. The summed E-state index contributed by atoms with van der Waals surface area (Å²) in [5.41, 5.74) is 4.49. The van der Waals surface area contributed by atoms with Crippen molar-refractivity contribution >= 4 is 57.9 Å². The van der Waals surface area contributed by atoms with Gasteiger partial charge < -0.3 is 0 Å². The van der Waals surface area contributed by atoms with Gasteiger partial charge in [-0.2, -0.15) is 0 Å². The largest absolute Gasteiger partial charge is 0.291 e. The van der Waals surface area contributed by atoms with Gasteiger partial charge in [0.05, 0.1) is 22.7 Å². The van der Waals surface area contributed by atoms with E-state index in [0.717, 1.165) is 34.4 Å². The zero-order valence-corrected chi connectivity index (χ0v) is 19.6. The molecule has 0 atom stereocenters. The number of para-hydroxylation sites is 4. The minimum Gasteiger partial charge on any atom is -0.291 e. The van der Waals surface area contributed by atoms with Crippen molar-refractivity contribution in [2.45, 2.75) is 19.6 Å². The Balaban J connectivity index is 1.35. The lowest BCUT2D eigenvalue weighted by atomic mass is 10.2. The number of nitrogens with zero attached hydrogens (tertiary/aromatic N) is 4.